The molecule has 1 aromatic heterocycles. The molecule has 0 aliphatic carbocycles. The van der Waals surface area contributed by atoms with E-state index in [0.29, 0.717) is 11.5 Å². The highest BCUT2D eigenvalue weighted by atomic mass is 16.5. The van der Waals surface area contributed by atoms with Crippen LogP contribution in [-0.4, -0.2) is 24.5 Å². The SMILES string of the molecule is O=Cc1ccc2nc(C3CCOC3)ccc2c1. The normalized spacial score (nSPS) is 19.6. The molecular weight excluding hydrogens is 214 g/mol. The highest BCUT2D eigenvalue weighted by molar-refractivity contribution is 5.86. The lowest BCUT2D eigenvalue weighted by Gasteiger charge is -2.08. The minimum Gasteiger partial charge on any atom is -0.381 e. The van der Waals surface area contributed by atoms with Gasteiger partial charge in [-0.3, -0.25) is 9.78 Å². The van der Waals surface area contributed by atoms with Crippen LogP contribution < -0.4 is 0 Å². The van der Waals surface area contributed by atoms with E-state index >= 15 is 0 Å². The van der Waals surface area contributed by atoms with Crippen molar-refractivity contribution in [2.45, 2.75) is 12.3 Å². The van der Waals surface area contributed by atoms with E-state index in [1.807, 2.05) is 24.3 Å². The molecule has 3 rings (SSSR count). The molecule has 3 heteroatoms. The number of nitrogens with zero attached hydrogens (tertiary/aromatic N) is 1. The molecule has 0 N–H and O–H groups in total. The first-order valence-electron chi connectivity index (χ1n) is 5.80. The molecule has 2 aromatic rings. The van der Waals surface area contributed by atoms with Crippen molar-refractivity contribution in [2.24, 2.45) is 0 Å². The summed E-state index contributed by atoms with van der Waals surface area (Å²) >= 11 is 0. The minimum atomic E-state index is 0.421. The van der Waals surface area contributed by atoms with Crippen molar-refractivity contribution in [2.75, 3.05) is 13.2 Å². The van der Waals surface area contributed by atoms with Gasteiger partial charge in [0.2, 0.25) is 0 Å². The Balaban J connectivity index is 2.03. The fourth-order valence-corrected chi connectivity index (χ4v) is 2.23. The Morgan fingerprint density at radius 3 is 3.00 bits per heavy atom. The third-order valence-corrected chi connectivity index (χ3v) is 3.22. The second kappa shape index (κ2) is 4.26. The van der Waals surface area contributed by atoms with Gasteiger partial charge in [0.15, 0.2) is 0 Å². The van der Waals surface area contributed by atoms with Crippen molar-refractivity contribution in [1.29, 1.82) is 0 Å². The summed E-state index contributed by atoms with van der Waals surface area (Å²) in [5, 5.41) is 1.01. The number of hydrogen-bond acceptors (Lipinski definition) is 3. The number of carbonyl (C=O) groups is 1. The van der Waals surface area contributed by atoms with Crippen molar-refractivity contribution in [3.05, 3.63) is 41.6 Å². The van der Waals surface area contributed by atoms with Gasteiger partial charge < -0.3 is 4.74 Å². The van der Waals surface area contributed by atoms with E-state index in [1.165, 1.54) is 0 Å². The summed E-state index contributed by atoms with van der Waals surface area (Å²) in [6, 6.07) is 9.64. The number of benzene rings is 1. The Morgan fingerprint density at radius 2 is 2.24 bits per heavy atom. The van der Waals surface area contributed by atoms with Gasteiger partial charge in [-0.2, -0.15) is 0 Å². The Bertz CT molecular complexity index is 559. The van der Waals surface area contributed by atoms with Gasteiger partial charge in [-0.15, -0.1) is 0 Å². The molecule has 1 saturated heterocycles. The minimum absolute atomic E-state index is 0.421. The largest absolute Gasteiger partial charge is 0.381 e. The average molecular weight is 227 g/mol. The number of carbonyl (C=O) groups excluding carboxylic acids is 1. The topological polar surface area (TPSA) is 39.2 Å². The molecule has 0 bridgehead atoms. The molecule has 1 atom stereocenters. The third-order valence-electron chi connectivity index (χ3n) is 3.22. The molecule has 3 nitrogen and oxygen atoms in total. The number of aldehydes is 1. The van der Waals surface area contributed by atoms with Crippen LogP contribution >= 0.6 is 0 Å². The summed E-state index contributed by atoms with van der Waals surface area (Å²) in [5.74, 6) is 0.421. The van der Waals surface area contributed by atoms with Crippen LogP contribution in [0.5, 0.6) is 0 Å². The van der Waals surface area contributed by atoms with E-state index in [2.05, 4.69) is 4.98 Å². The van der Waals surface area contributed by atoms with Crippen molar-refractivity contribution < 1.29 is 9.53 Å². The number of aromatic nitrogens is 1. The standard InChI is InChI=1S/C14H13NO2/c16-8-10-1-3-13-11(7-10)2-4-14(15-13)12-5-6-17-9-12/h1-4,7-8,12H,5-6,9H2. The number of hydrogen-bond donors (Lipinski definition) is 0. The molecule has 2 heterocycles. The van der Waals surface area contributed by atoms with Crippen molar-refractivity contribution >= 4 is 17.2 Å². The van der Waals surface area contributed by atoms with Crippen molar-refractivity contribution in [1.82, 2.24) is 4.98 Å². The van der Waals surface area contributed by atoms with Crippen LogP contribution in [0.15, 0.2) is 30.3 Å². The van der Waals surface area contributed by atoms with Gasteiger partial charge >= 0.3 is 0 Å². The summed E-state index contributed by atoms with van der Waals surface area (Å²) in [4.78, 5) is 15.3. The first-order chi connectivity index (χ1) is 8.36. The highest BCUT2D eigenvalue weighted by Gasteiger charge is 2.18. The monoisotopic (exact) mass is 227 g/mol. The summed E-state index contributed by atoms with van der Waals surface area (Å²) in [6.45, 7) is 1.60. The molecule has 0 spiro atoms. The fraction of sp³-hybridized carbons (Fsp3) is 0.286. The molecule has 17 heavy (non-hydrogen) atoms. The predicted octanol–water partition coefficient (Wildman–Crippen LogP) is 2.55. The first-order valence-corrected chi connectivity index (χ1v) is 5.80. The zero-order valence-corrected chi connectivity index (χ0v) is 9.43. The van der Waals surface area contributed by atoms with E-state index in [9.17, 15) is 4.79 Å². The molecule has 1 aliphatic heterocycles. The molecule has 0 radical (unpaired) electrons. The predicted molar refractivity (Wildman–Crippen MR) is 65.3 cm³/mol. The van der Waals surface area contributed by atoms with Crippen LogP contribution in [0.3, 0.4) is 0 Å². The van der Waals surface area contributed by atoms with Crippen LogP contribution in [0, 0.1) is 0 Å². The van der Waals surface area contributed by atoms with Crippen LogP contribution in [-0.2, 0) is 4.74 Å². The smallest absolute Gasteiger partial charge is 0.150 e. The maximum absolute atomic E-state index is 10.7. The molecule has 1 fully saturated rings. The molecule has 86 valence electrons. The van der Waals surface area contributed by atoms with Gasteiger partial charge in [0.25, 0.3) is 0 Å². The molecule has 0 saturated carbocycles. The van der Waals surface area contributed by atoms with Crippen LogP contribution in [0.25, 0.3) is 10.9 Å². The summed E-state index contributed by atoms with van der Waals surface area (Å²) in [5.41, 5.74) is 2.73. The second-order valence-corrected chi connectivity index (χ2v) is 4.37. The van der Waals surface area contributed by atoms with E-state index < -0.39 is 0 Å². The fourth-order valence-electron chi connectivity index (χ4n) is 2.23. The number of fused-ring (bicyclic) bond motifs is 1. The maximum atomic E-state index is 10.7. The highest BCUT2D eigenvalue weighted by Crippen LogP contribution is 2.25. The van der Waals surface area contributed by atoms with Gasteiger partial charge in [0, 0.05) is 29.2 Å². The van der Waals surface area contributed by atoms with Gasteiger partial charge in [0.05, 0.1) is 12.1 Å². The number of rotatable bonds is 2. The Kier molecular flexibility index (Phi) is 2.61. The third kappa shape index (κ3) is 1.94. The zero-order valence-electron chi connectivity index (χ0n) is 9.43. The van der Waals surface area contributed by atoms with Gasteiger partial charge in [-0.05, 0) is 30.7 Å². The summed E-state index contributed by atoms with van der Waals surface area (Å²) in [6.07, 6.45) is 1.91. The molecule has 1 unspecified atom stereocenters. The maximum Gasteiger partial charge on any atom is 0.150 e. The van der Waals surface area contributed by atoms with E-state index in [1.54, 1.807) is 6.07 Å². The molecule has 1 aromatic carbocycles. The van der Waals surface area contributed by atoms with E-state index in [4.69, 9.17) is 4.74 Å². The average Bonchev–Trinajstić information content (AvgIpc) is 2.91. The molecule has 1 aliphatic rings. The zero-order chi connectivity index (χ0) is 11.7. The number of pyridine rings is 1. The van der Waals surface area contributed by atoms with Crippen LogP contribution in [0.1, 0.15) is 28.4 Å². The van der Waals surface area contributed by atoms with Crippen molar-refractivity contribution in [3.8, 4) is 0 Å². The van der Waals surface area contributed by atoms with Gasteiger partial charge in [-0.25, -0.2) is 0 Å². The first kappa shape index (κ1) is 10.4. The second-order valence-electron chi connectivity index (χ2n) is 4.37. The Labute approximate surface area is 99.4 Å². The lowest BCUT2D eigenvalue weighted by molar-refractivity contribution is 0.112. The van der Waals surface area contributed by atoms with E-state index in [-0.39, 0.29) is 0 Å². The molecule has 0 amide bonds. The van der Waals surface area contributed by atoms with Crippen molar-refractivity contribution in [3.63, 3.8) is 0 Å². The number of ether oxygens (including phenoxy) is 1. The van der Waals surface area contributed by atoms with E-state index in [0.717, 1.165) is 42.5 Å². The lowest BCUT2D eigenvalue weighted by atomic mass is 10.0. The lowest BCUT2D eigenvalue weighted by Crippen LogP contribution is -2.00. The van der Waals surface area contributed by atoms with Gasteiger partial charge in [0.1, 0.15) is 6.29 Å². The summed E-state index contributed by atoms with van der Waals surface area (Å²) in [7, 11) is 0. The summed E-state index contributed by atoms with van der Waals surface area (Å²) < 4.78 is 5.37. The van der Waals surface area contributed by atoms with Crippen LogP contribution in [0.2, 0.25) is 0 Å². The van der Waals surface area contributed by atoms with Gasteiger partial charge in [-0.1, -0.05) is 6.07 Å². The quantitative estimate of drug-likeness (QED) is 0.740. The van der Waals surface area contributed by atoms with Crippen LogP contribution in [0.4, 0.5) is 0 Å². The molecular formula is C14H13NO2. The Hall–Kier alpha value is -1.74. The Morgan fingerprint density at radius 1 is 1.29 bits per heavy atom.